The third-order valence-electron chi connectivity index (χ3n) is 7.12. The predicted octanol–water partition coefficient (Wildman–Crippen LogP) is 6.77. The van der Waals surface area contributed by atoms with Crippen LogP contribution in [0.3, 0.4) is 0 Å². The molecular weight excluding hydrogens is 496 g/mol. The molecule has 2 aromatic carbocycles. The fourth-order valence-electron chi connectivity index (χ4n) is 4.91. The summed E-state index contributed by atoms with van der Waals surface area (Å²) in [6.45, 7) is 16.6. The van der Waals surface area contributed by atoms with Crippen molar-refractivity contribution in [3.8, 4) is 11.5 Å². The Morgan fingerprint density at radius 3 is 1.41 bits per heavy atom. The van der Waals surface area contributed by atoms with Crippen LogP contribution in [0.5, 0.6) is 11.5 Å². The number of benzene rings is 2. The Hall–Kier alpha value is -3.06. The lowest BCUT2D eigenvalue weighted by Gasteiger charge is -2.40. The maximum atomic E-state index is 11.3. The molecule has 0 amide bonds. The van der Waals surface area contributed by atoms with Gasteiger partial charge in [0, 0.05) is 13.8 Å². The quantitative estimate of drug-likeness (QED) is 0.271. The minimum atomic E-state index is -0.603. The van der Waals surface area contributed by atoms with Crippen LogP contribution in [0.2, 0.25) is 0 Å². The van der Waals surface area contributed by atoms with Gasteiger partial charge in [-0.2, -0.15) is 0 Å². The molecule has 7 nitrogen and oxygen atoms in total. The summed E-state index contributed by atoms with van der Waals surface area (Å²) in [6.07, 6.45) is 1.58. The van der Waals surface area contributed by atoms with Gasteiger partial charge in [0.1, 0.15) is 11.5 Å². The van der Waals surface area contributed by atoms with E-state index in [1.807, 2.05) is 0 Å². The van der Waals surface area contributed by atoms with Crippen molar-refractivity contribution >= 4 is 11.9 Å². The third-order valence-corrected chi connectivity index (χ3v) is 7.12. The average molecular weight is 539 g/mol. The SMILES string of the molecule is CC(=O)OCCCc1cc(C(C)(C)C)cc2c1OC1OC2Oc2c(CCCOC(C)=O)cc(C(C)(C)C)cc21. The van der Waals surface area contributed by atoms with E-state index in [1.54, 1.807) is 0 Å². The van der Waals surface area contributed by atoms with Crippen LogP contribution in [0.4, 0.5) is 0 Å². The number of hydrogen-bond donors (Lipinski definition) is 0. The van der Waals surface area contributed by atoms with Gasteiger partial charge in [-0.15, -0.1) is 0 Å². The highest BCUT2D eigenvalue weighted by Gasteiger charge is 2.41. The van der Waals surface area contributed by atoms with E-state index >= 15 is 0 Å². The minimum Gasteiger partial charge on any atom is -0.466 e. The average Bonchev–Trinajstić information content (AvgIpc) is 2.83. The summed E-state index contributed by atoms with van der Waals surface area (Å²) < 4.78 is 29.9. The zero-order chi connectivity index (χ0) is 28.5. The Kier molecular flexibility index (Phi) is 8.31. The second kappa shape index (κ2) is 11.2. The third kappa shape index (κ3) is 6.75. The fraction of sp³-hybridized carbons (Fsp3) is 0.562. The summed E-state index contributed by atoms with van der Waals surface area (Å²) in [7, 11) is 0. The first-order valence-corrected chi connectivity index (χ1v) is 13.8. The maximum Gasteiger partial charge on any atom is 0.302 e. The zero-order valence-corrected chi connectivity index (χ0v) is 24.6. The summed E-state index contributed by atoms with van der Waals surface area (Å²) in [4.78, 5) is 22.5. The van der Waals surface area contributed by atoms with E-state index in [0.29, 0.717) is 38.9 Å². The van der Waals surface area contributed by atoms with Gasteiger partial charge >= 0.3 is 11.9 Å². The van der Waals surface area contributed by atoms with Gasteiger partial charge in [0.15, 0.2) is 0 Å². The first-order valence-electron chi connectivity index (χ1n) is 13.8. The molecule has 7 heteroatoms. The number of fused-ring (bicyclic) bond motifs is 6. The first-order chi connectivity index (χ1) is 18.2. The van der Waals surface area contributed by atoms with E-state index in [4.69, 9.17) is 23.7 Å². The van der Waals surface area contributed by atoms with E-state index in [9.17, 15) is 9.59 Å². The molecule has 0 radical (unpaired) electrons. The van der Waals surface area contributed by atoms with Crippen molar-refractivity contribution in [1.29, 1.82) is 0 Å². The summed E-state index contributed by atoms with van der Waals surface area (Å²) >= 11 is 0. The predicted molar refractivity (Wildman–Crippen MR) is 148 cm³/mol. The molecule has 0 saturated carbocycles. The Morgan fingerprint density at radius 1 is 0.692 bits per heavy atom. The van der Waals surface area contributed by atoms with Gasteiger partial charge in [0.2, 0.25) is 12.6 Å². The van der Waals surface area contributed by atoms with Gasteiger partial charge in [0.05, 0.1) is 24.3 Å². The number of carbonyl (C=O) groups is 2. The van der Waals surface area contributed by atoms with Crippen LogP contribution in [-0.2, 0) is 47.5 Å². The molecule has 4 rings (SSSR count). The number of rotatable bonds is 8. The standard InChI is InChI=1S/C32H42O7/c1-19(33)35-13-9-11-21-15-23(31(3,4)5)17-25-27(21)37-30-26-18-24(32(6,7)8)16-22(12-10-14-36-20(2)34)28(26)38-29(25)39-30/h15-18,29-30H,9-14H2,1-8H3. The number of esters is 2. The number of aryl methyl sites for hydroxylation is 2. The van der Waals surface area contributed by atoms with Crippen LogP contribution < -0.4 is 9.47 Å². The molecule has 2 atom stereocenters. The van der Waals surface area contributed by atoms with Crippen molar-refractivity contribution in [2.45, 2.75) is 104 Å². The lowest BCUT2D eigenvalue weighted by atomic mass is 9.83. The van der Waals surface area contributed by atoms with Crippen LogP contribution in [0.1, 0.15) is 114 Å². The molecule has 0 aliphatic carbocycles. The zero-order valence-electron chi connectivity index (χ0n) is 24.6. The molecule has 2 heterocycles. The second-order valence-electron chi connectivity index (χ2n) is 12.5. The second-order valence-corrected chi connectivity index (χ2v) is 12.5. The first kappa shape index (κ1) is 28.9. The van der Waals surface area contributed by atoms with Crippen LogP contribution in [0.15, 0.2) is 24.3 Å². The summed E-state index contributed by atoms with van der Waals surface area (Å²) in [5.74, 6) is 1.02. The lowest BCUT2D eigenvalue weighted by Crippen LogP contribution is -2.32. The Bertz CT molecular complexity index is 1140. The molecule has 0 fully saturated rings. The topological polar surface area (TPSA) is 80.3 Å². The fourth-order valence-corrected chi connectivity index (χ4v) is 4.91. The highest BCUT2D eigenvalue weighted by atomic mass is 16.8. The highest BCUT2D eigenvalue weighted by molar-refractivity contribution is 5.66. The highest BCUT2D eigenvalue weighted by Crippen LogP contribution is 2.52. The van der Waals surface area contributed by atoms with E-state index in [-0.39, 0.29) is 22.8 Å². The van der Waals surface area contributed by atoms with Gasteiger partial charge in [-0.1, -0.05) is 53.7 Å². The largest absolute Gasteiger partial charge is 0.466 e. The van der Waals surface area contributed by atoms with Crippen LogP contribution >= 0.6 is 0 Å². The van der Waals surface area contributed by atoms with Crippen molar-refractivity contribution in [3.05, 3.63) is 57.6 Å². The number of ether oxygens (including phenoxy) is 5. The molecule has 0 saturated heterocycles. The van der Waals surface area contributed by atoms with Gasteiger partial charge in [0.25, 0.3) is 0 Å². The van der Waals surface area contributed by atoms with E-state index in [0.717, 1.165) is 44.9 Å². The van der Waals surface area contributed by atoms with Crippen molar-refractivity contribution in [3.63, 3.8) is 0 Å². The summed E-state index contributed by atoms with van der Waals surface area (Å²) in [5, 5.41) is 0. The van der Waals surface area contributed by atoms with Gasteiger partial charge in [-0.3, -0.25) is 14.3 Å². The monoisotopic (exact) mass is 538 g/mol. The molecule has 0 spiro atoms. The molecule has 212 valence electrons. The molecule has 2 aliphatic heterocycles. The Morgan fingerprint density at radius 2 is 1.08 bits per heavy atom. The van der Waals surface area contributed by atoms with E-state index in [1.165, 1.54) is 13.8 Å². The van der Waals surface area contributed by atoms with Crippen LogP contribution in [0, 0.1) is 0 Å². The van der Waals surface area contributed by atoms with Crippen LogP contribution in [-0.4, -0.2) is 25.2 Å². The van der Waals surface area contributed by atoms with Gasteiger partial charge < -0.3 is 18.9 Å². The molecule has 0 N–H and O–H groups in total. The van der Waals surface area contributed by atoms with Crippen molar-refractivity contribution < 1.29 is 33.3 Å². The number of carbonyl (C=O) groups excluding carboxylic acids is 2. The summed E-state index contributed by atoms with van der Waals surface area (Å²) in [5.41, 5.74) is 6.00. The maximum absolute atomic E-state index is 11.3. The van der Waals surface area contributed by atoms with Gasteiger partial charge in [-0.25, -0.2) is 0 Å². The van der Waals surface area contributed by atoms with Crippen molar-refractivity contribution in [1.82, 2.24) is 0 Å². The Labute approximate surface area is 232 Å². The molecule has 2 unspecified atom stereocenters. The molecule has 39 heavy (non-hydrogen) atoms. The smallest absolute Gasteiger partial charge is 0.302 e. The van der Waals surface area contributed by atoms with E-state index < -0.39 is 12.6 Å². The lowest BCUT2D eigenvalue weighted by molar-refractivity contribution is -0.228. The summed E-state index contributed by atoms with van der Waals surface area (Å²) in [6, 6.07) is 8.64. The normalized spacial score (nSPS) is 17.8. The van der Waals surface area contributed by atoms with Crippen LogP contribution in [0.25, 0.3) is 0 Å². The molecule has 0 aromatic heterocycles. The molecule has 2 aromatic rings. The van der Waals surface area contributed by atoms with Crippen molar-refractivity contribution in [2.75, 3.05) is 13.2 Å². The van der Waals surface area contributed by atoms with Crippen molar-refractivity contribution in [2.24, 2.45) is 0 Å². The minimum absolute atomic E-state index is 0.0907. The number of hydrogen-bond acceptors (Lipinski definition) is 7. The van der Waals surface area contributed by atoms with Gasteiger partial charge in [-0.05, 0) is 70.9 Å². The molecular formula is C32H42O7. The Balaban J connectivity index is 1.71. The molecule has 2 aliphatic rings. The molecule has 2 bridgehead atoms. The van der Waals surface area contributed by atoms with E-state index in [2.05, 4.69) is 65.8 Å².